The summed E-state index contributed by atoms with van der Waals surface area (Å²) in [5.74, 6) is 1.86. The summed E-state index contributed by atoms with van der Waals surface area (Å²) in [6.45, 7) is 1.53. The van der Waals surface area contributed by atoms with Crippen LogP contribution in [-0.4, -0.2) is 24.1 Å². The lowest BCUT2D eigenvalue weighted by molar-refractivity contribution is -0.118. The van der Waals surface area contributed by atoms with E-state index in [4.69, 9.17) is 9.47 Å². The fraction of sp³-hybridized carbons (Fsp3) is 0.368. The van der Waals surface area contributed by atoms with E-state index in [9.17, 15) is 4.79 Å². The molecule has 2 fully saturated rings. The maximum atomic E-state index is 12.5. The van der Waals surface area contributed by atoms with Crippen molar-refractivity contribution in [3.8, 4) is 11.6 Å². The number of pyridine rings is 1. The third kappa shape index (κ3) is 3.12. The molecule has 1 spiro atoms. The number of aromatic nitrogens is 1. The Morgan fingerprint density at radius 3 is 2.71 bits per heavy atom. The van der Waals surface area contributed by atoms with Gasteiger partial charge in [-0.25, -0.2) is 0 Å². The van der Waals surface area contributed by atoms with Gasteiger partial charge in [0.15, 0.2) is 0 Å². The molecule has 1 saturated carbocycles. The molecule has 1 aromatic carbocycles. The lowest BCUT2D eigenvalue weighted by Crippen LogP contribution is -2.24. The van der Waals surface area contributed by atoms with Crippen molar-refractivity contribution >= 4 is 11.7 Å². The van der Waals surface area contributed by atoms with E-state index in [-0.39, 0.29) is 17.2 Å². The lowest BCUT2D eigenvalue weighted by atomic mass is 9.93. The second-order valence-corrected chi connectivity index (χ2v) is 6.50. The summed E-state index contributed by atoms with van der Waals surface area (Å²) in [6, 6.07) is 14.9. The Kier molecular flexibility index (Phi) is 3.94. The molecule has 1 saturated heterocycles. The highest BCUT2D eigenvalue weighted by atomic mass is 16.5. The van der Waals surface area contributed by atoms with Crippen LogP contribution in [0.15, 0.2) is 48.5 Å². The van der Waals surface area contributed by atoms with Crippen molar-refractivity contribution < 1.29 is 14.3 Å². The van der Waals surface area contributed by atoms with Gasteiger partial charge in [-0.05, 0) is 42.9 Å². The Morgan fingerprint density at radius 1 is 1.12 bits per heavy atom. The smallest absolute Gasteiger partial charge is 0.229 e. The first-order valence-electron chi connectivity index (χ1n) is 8.34. The van der Waals surface area contributed by atoms with Crippen molar-refractivity contribution in [1.82, 2.24) is 4.98 Å². The molecular formula is C19H20N2O3. The standard InChI is InChI=1S/C19H20N2O3/c22-18(15-13-19(15)9-11-23-12-10-19)21-16-7-4-8-17(20-16)24-14-5-2-1-3-6-14/h1-8,15H,9-13H2,(H,20,21,22). The fourth-order valence-corrected chi connectivity index (χ4v) is 3.41. The molecule has 2 heterocycles. The van der Waals surface area contributed by atoms with Crippen LogP contribution in [0.3, 0.4) is 0 Å². The van der Waals surface area contributed by atoms with Crippen molar-refractivity contribution in [2.75, 3.05) is 18.5 Å². The van der Waals surface area contributed by atoms with Gasteiger partial charge in [0, 0.05) is 25.2 Å². The molecule has 24 heavy (non-hydrogen) atoms. The number of nitrogens with one attached hydrogen (secondary N) is 1. The molecule has 124 valence electrons. The van der Waals surface area contributed by atoms with E-state index < -0.39 is 0 Å². The molecule has 1 amide bonds. The normalized spacial score (nSPS) is 21.2. The van der Waals surface area contributed by atoms with Crippen LogP contribution in [0.25, 0.3) is 0 Å². The van der Waals surface area contributed by atoms with E-state index in [0.717, 1.165) is 38.2 Å². The Bertz CT molecular complexity index is 726. The number of anilines is 1. The summed E-state index contributed by atoms with van der Waals surface area (Å²) in [5, 5.41) is 2.93. The van der Waals surface area contributed by atoms with E-state index >= 15 is 0 Å². The van der Waals surface area contributed by atoms with Crippen LogP contribution < -0.4 is 10.1 Å². The maximum absolute atomic E-state index is 12.5. The van der Waals surface area contributed by atoms with E-state index in [1.807, 2.05) is 36.4 Å². The molecule has 1 aromatic heterocycles. The highest BCUT2D eigenvalue weighted by Crippen LogP contribution is 2.59. The van der Waals surface area contributed by atoms with E-state index in [0.29, 0.717) is 11.7 Å². The number of ether oxygens (including phenoxy) is 2. The van der Waals surface area contributed by atoms with Gasteiger partial charge in [0.25, 0.3) is 0 Å². The number of benzene rings is 1. The van der Waals surface area contributed by atoms with Gasteiger partial charge in [-0.2, -0.15) is 4.98 Å². The number of carbonyl (C=O) groups excluding carboxylic acids is 1. The van der Waals surface area contributed by atoms with Gasteiger partial charge in [-0.15, -0.1) is 0 Å². The Hall–Kier alpha value is -2.40. The van der Waals surface area contributed by atoms with Gasteiger partial charge in [-0.1, -0.05) is 24.3 Å². The predicted octanol–water partition coefficient (Wildman–Crippen LogP) is 3.63. The zero-order valence-electron chi connectivity index (χ0n) is 13.4. The van der Waals surface area contributed by atoms with Gasteiger partial charge >= 0.3 is 0 Å². The van der Waals surface area contributed by atoms with Crippen LogP contribution in [0, 0.1) is 11.3 Å². The van der Waals surface area contributed by atoms with Crippen LogP contribution in [0.2, 0.25) is 0 Å². The number of rotatable bonds is 4. The molecular weight excluding hydrogens is 304 g/mol. The van der Waals surface area contributed by atoms with Gasteiger partial charge in [-0.3, -0.25) is 4.79 Å². The quantitative estimate of drug-likeness (QED) is 0.933. The average Bonchev–Trinajstić information content (AvgIpc) is 3.30. The fourth-order valence-electron chi connectivity index (χ4n) is 3.41. The summed E-state index contributed by atoms with van der Waals surface area (Å²) in [4.78, 5) is 16.9. The SMILES string of the molecule is O=C(Nc1cccc(Oc2ccccc2)n1)C1CC12CCOCC2. The van der Waals surface area contributed by atoms with Gasteiger partial charge in [0.1, 0.15) is 11.6 Å². The number of carbonyl (C=O) groups is 1. The first-order chi connectivity index (χ1) is 11.8. The number of nitrogens with zero attached hydrogens (tertiary/aromatic N) is 1. The Labute approximate surface area is 141 Å². The van der Waals surface area contributed by atoms with Gasteiger partial charge < -0.3 is 14.8 Å². The second kappa shape index (κ2) is 6.24. The summed E-state index contributed by atoms with van der Waals surface area (Å²) < 4.78 is 11.1. The molecule has 4 rings (SSSR count). The van der Waals surface area contributed by atoms with Crippen LogP contribution in [0.4, 0.5) is 5.82 Å². The van der Waals surface area contributed by atoms with Gasteiger partial charge in [0.05, 0.1) is 0 Å². The average molecular weight is 324 g/mol. The van der Waals surface area contributed by atoms with Crippen LogP contribution in [-0.2, 0) is 9.53 Å². The minimum Gasteiger partial charge on any atom is -0.439 e. The van der Waals surface area contributed by atoms with Crippen LogP contribution >= 0.6 is 0 Å². The first-order valence-corrected chi connectivity index (χ1v) is 8.34. The number of para-hydroxylation sites is 1. The van der Waals surface area contributed by atoms with Crippen LogP contribution in [0.1, 0.15) is 19.3 Å². The molecule has 1 aliphatic heterocycles. The molecule has 1 aliphatic carbocycles. The number of hydrogen-bond donors (Lipinski definition) is 1. The highest BCUT2D eigenvalue weighted by Gasteiger charge is 2.58. The third-order valence-corrected chi connectivity index (χ3v) is 4.94. The Morgan fingerprint density at radius 2 is 1.92 bits per heavy atom. The molecule has 1 unspecified atom stereocenters. The van der Waals surface area contributed by atoms with E-state index in [1.165, 1.54) is 0 Å². The Balaban J connectivity index is 1.40. The van der Waals surface area contributed by atoms with Crippen molar-refractivity contribution in [3.05, 3.63) is 48.5 Å². The maximum Gasteiger partial charge on any atom is 0.229 e. The first kappa shape index (κ1) is 15.1. The summed E-state index contributed by atoms with van der Waals surface area (Å²) in [7, 11) is 0. The minimum absolute atomic E-state index is 0.0567. The predicted molar refractivity (Wildman–Crippen MR) is 90.0 cm³/mol. The largest absolute Gasteiger partial charge is 0.439 e. The third-order valence-electron chi connectivity index (χ3n) is 4.94. The molecule has 2 aromatic rings. The number of amides is 1. The van der Waals surface area contributed by atoms with E-state index in [2.05, 4.69) is 10.3 Å². The van der Waals surface area contributed by atoms with E-state index in [1.54, 1.807) is 12.1 Å². The minimum atomic E-state index is 0.0567. The topological polar surface area (TPSA) is 60.5 Å². The molecule has 0 radical (unpaired) electrons. The molecule has 5 nitrogen and oxygen atoms in total. The van der Waals surface area contributed by atoms with Crippen molar-refractivity contribution in [2.45, 2.75) is 19.3 Å². The molecule has 5 heteroatoms. The monoisotopic (exact) mass is 324 g/mol. The highest BCUT2D eigenvalue weighted by molar-refractivity contribution is 5.94. The molecule has 1 atom stereocenters. The lowest BCUT2D eigenvalue weighted by Gasteiger charge is -2.22. The zero-order valence-corrected chi connectivity index (χ0v) is 13.4. The zero-order chi connectivity index (χ0) is 16.4. The molecule has 2 aliphatic rings. The molecule has 1 N–H and O–H groups in total. The van der Waals surface area contributed by atoms with Crippen LogP contribution in [0.5, 0.6) is 11.6 Å². The summed E-state index contributed by atoms with van der Waals surface area (Å²) in [6.07, 6.45) is 2.92. The number of hydrogen-bond acceptors (Lipinski definition) is 4. The molecule has 0 bridgehead atoms. The van der Waals surface area contributed by atoms with Crippen molar-refractivity contribution in [1.29, 1.82) is 0 Å². The van der Waals surface area contributed by atoms with Crippen molar-refractivity contribution in [2.24, 2.45) is 11.3 Å². The van der Waals surface area contributed by atoms with Gasteiger partial charge in [0.2, 0.25) is 11.8 Å². The summed E-state index contributed by atoms with van der Waals surface area (Å²) in [5.41, 5.74) is 0.167. The summed E-state index contributed by atoms with van der Waals surface area (Å²) >= 11 is 0. The van der Waals surface area contributed by atoms with Crippen molar-refractivity contribution in [3.63, 3.8) is 0 Å². The second-order valence-electron chi connectivity index (χ2n) is 6.50.